The third kappa shape index (κ3) is 1.64. The normalized spacial score (nSPS) is 15.5. The highest BCUT2D eigenvalue weighted by Gasteiger charge is 2.37. The van der Waals surface area contributed by atoms with Crippen molar-refractivity contribution in [2.45, 2.75) is 0 Å². The molecule has 0 aromatic heterocycles. The first kappa shape index (κ1) is 9.20. The van der Waals surface area contributed by atoms with Gasteiger partial charge in [-0.3, -0.25) is 20.3 Å². The van der Waals surface area contributed by atoms with Gasteiger partial charge in [0.05, 0.1) is 5.69 Å². The molecule has 0 unspecified atom stereocenters. The smallest absolute Gasteiger partial charge is 0.287 e. The van der Waals surface area contributed by atoms with Crippen LogP contribution in [-0.2, 0) is 9.59 Å². The SMILES string of the molecule is O=C1NC(=O)N(Nc2ccccc2)C1=O. The Kier molecular flexibility index (Phi) is 2.09. The van der Waals surface area contributed by atoms with Gasteiger partial charge >= 0.3 is 17.8 Å². The van der Waals surface area contributed by atoms with Gasteiger partial charge in [0.1, 0.15) is 0 Å². The van der Waals surface area contributed by atoms with E-state index < -0.39 is 17.8 Å². The molecular weight excluding hydrogens is 198 g/mol. The van der Waals surface area contributed by atoms with E-state index in [0.29, 0.717) is 10.7 Å². The average molecular weight is 205 g/mol. The molecule has 2 rings (SSSR count). The molecule has 0 spiro atoms. The summed E-state index contributed by atoms with van der Waals surface area (Å²) in [6, 6.07) is 7.84. The van der Waals surface area contributed by atoms with Crippen LogP contribution in [0.1, 0.15) is 0 Å². The summed E-state index contributed by atoms with van der Waals surface area (Å²) < 4.78 is 0. The van der Waals surface area contributed by atoms with E-state index in [4.69, 9.17) is 0 Å². The van der Waals surface area contributed by atoms with Crippen molar-refractivity contribution in [1.82, 2.24) is 10.3 Å². The standard InChI is InChI=1S/C9H7N3O3/c13-7-8(14)12(9(15)10-7)11-6-4-2-1-3-5-6/h1-5,11H,(H,10,13,15). The second-order valence-electron chi connectivity index (χ2n) is 2.88. The van der Waals surface area contributed by atoms with Gasteiger partial charge in [0, 0.05) is 0 Å². The van der Waals surface area contributed by atoms with Crippen molar-refractivity contribution in [2.24, 2.45) is 0 Å². The molecule has 6 heteroatoms. The summed E-state index contributed by atoms with van der Waals surface area (Å²) >= 11 is 0. The van der Waals surface area contributed by atoms with E-state index in [-0.39, 0.29) is 0 Å². The predicted octanol–water partition coefficient (Wildman–Crippen LogP) is 0.0919. The first-order valence-corrected chi connectivity index (χ1v) is 4.19. The van der Waals surface area contributed by atoms with Gasteiger partial charge in [-0.05, 0) is 12.1 Å². The zero-order valence-electron chi connectivity index (χ0n) is 7.56. The van der Waals surface area contributed by atoms with Crippen LogP contribution in [0.15, 0.2) is 30.3 Å². The van der Waals surface area contributed by atoms with Crippen LogP contribution in [0.4, 0.5) is 10.5 Å². The lowest BCUT2D eigenvalue weighted by atomic mass is 10.3. The molecule has 0 aliphatic carbocycles. The first-order chi connectivity index (χ1) is 7.18. The van der Waals surface area contributed by atoms with Crippen molar-refractivity contribution >= 4 is 23.5 Å². The molecule has 1 fully saturated rings. The van der Waals surface area contributed by atoms with Gasteiger partial charge in [0.2, 0.25) is 0 Å². The summed E-state index contributed by atoms with van der Waals surface area (Å²) in [5.41, 5.74) is 3.07. The van der Waals surface area contributed by atoms with Gasteiger partial charge in [-0.15, -0.1) is 0 Å². The van der Waals surface area contributed by atoms with Crippen LogP contribution in [0.5, 0.6) is 0 Å². The van der Waals surface area contributed by atoms with Crippen LogP contribution >= 0.6 is 0 Å². The van der Waals surface area contributed by atoms with Crippen molar-refractivity contribution in [3.63, 3.8) is 0 Å². The molecule has 1 aliphatic rings. The number of hydrazine groups is 1. The van der Waals surface area contributed by atoms with Gasteiger partial charge < -0.3 is 0 Å². The lowest BCUT2D eigenvalue weighted by Gasteiger charge is -2.13. The lowest BCUT2D eigenvalue weighted by molar-refractivity contribution is -0.139. The second kappa shape index (κ2) is 3.41. The zero-order chi connectivity index (χ0) is 10.8. The fraction of sp³-hybridized carbons (Fsp3) is 0. The molecule has 0 radical (unpaired) electrons. The summed E-state index contributed by atoms with van der Waals surface area (Å²) in [6.45, 7) is 0. The van der Waals surface area contributed by atoms with Gasteiger partial charge in [0.25, 0.3) is 0 Å². The predicted molar refractivity (Wildman–Crippen MR) is 50.4 cm³/mol. The zero-order valence-corrected chi connectivity index (χ0v) is 7.56. The largest absolute Gasteiger partial charge is 0.350 e. The minimum absolute atomic E-state index is 0.552. The van der Waals surface area contributed by atoms with Gasteiger partial charge in [-0.1, -0.05) is 18.2 Å². The van der Waals surface area contributed by atoms with Crippen LogP contribution in [0.25, 0.3) is 0 Å². The maximum atomic E-state index is 11.2. The molecule has 1 saturated heterocycles. The minimum atomic E-state index is -0.927. The molecule has 0 atom stereocenters. The Balaban J connectivity index is 2.16. The number of nitrogens with one attached hydrogen (secondary N) is 2. The molecule has 2 N–H and O–H groups in total. The Bertz CT molecular complexity index is 429. The van der Waals surface area contributed by atoms with Gasteiger partial charge in [-0.25, -0.2) is 4.79 Å². The van der Waals surface area contributed by atoms with Crippen LogP contribution in [0, 0.1) is 0 Å². The number of carbonyl (C=O) groups is 3. The Morgan fingerprint density at radius 1 is 1.07 bits per heavy atom. The molecule has 1 aromatic rings. The molecule has 6 nitrogen and oxygen atoms in total. The quantitative estimate of drug-likeness (QED) is 0.530. The molecule has 15 heavy (non-hydrogen) atoms. The number of amides is 4. The molecule has 1 aromatic carbocycles. The number of carbonyl (C=O) groups excluding carboxylic acids is 3. The average Bonchev–Trinajstić information content (AvgIpc) is 2.47. The van der Waals surface area contributed by atoms with Gasteiger partial charge in [-0.2, -0.15) is 5.01 Å². The highest BCUT2D eigenvalue weighted by molar-refractivity contribution is 6.45. The second-order valence-corrected chi connectivity index (χ2v) is 2.88. The molecule has 1 heterocycles. The molecule has 0 bridgehead atoms. The third-order valence-electron chi connectivity index (χ3n) is 1.84. The van der Waals surface area contributed by atoms with E-state index in [1.54, 1.807) is 30.3 Å². The minimum Gasteiger partial charge on any atom is -0.287 e. The van der Waals surface area contributed by atoms with E-state index in [0.717, 1.165) is 0 Å². The van der Waals surface area contributed by atoms with Crippen LogP contribution in [0.3, 0.4) is 0 Å². The number of urea groups is 1. The number of hydrogen-bond donors (Lipinski definition) is 2. The van der Waals surface area contributed by atoms with Crippen molar-refractivity contribution in [3.05, 3.63) is 30.3 Å². The fourth-order valence-electron chi connectivity index (χ4n) is 1.14. The Morgan fingerprint density at radius 2 is 1.73 bits per heavy atom. The van der Waals surface area contributed by atoms with Crippen molar-refractivity contribution in [3.8, 4) is 0 Å². The molecule has 76 valence electrons. The summed E-state index contributed by atoms with van der Waals surface area (Å²) in [5.74, 6) is -1.84. The number of nitrogens with zero attached hydrogens (tertiary/aromatic N) is 1. The number of para-hydroxylation sites is 1. The summed E-state index contributed by atoms with van der Waals surface area (Å²) in [7, 11) is 0. The molecular formula is C9H7N3O3. The van der Waals surface area contributed by atoms with E-state index in [1.807, 2.05) is 5.32 Å². The van der Waals surface area contributed by atoms with E-state index >= 15 is 0 Å². The maximum Gasteiger partial charge on any atom is 0.350 e. The number of benzene rings is 1. The fourth-order valence-corrected chi connectivity index (χ4v) is 1.14. The summed E-state index contributed by atoms with van der Waals surface area (Å²) in [5, 5.41) is 2.51. The topological polar surface area (TPSA) is 78.5 Å². The number of rotatable bonds is 2. The maximum absolute atomic E-state index is 11.2. The Morgan fingerprint density at radius 3 is 2.27 bits per heavy atom. The monoisotopic (exact) mass is 205 g/mol. The molecule has 1 aliphatic heterocycles. The van der Waals surface area contributed by atoms with E-state index in [2.05, 4.69) is 5.43 Å². The Hall–Kier alpha value is -2.37. The van der Waals surface area contributed by atoms with Crippen LogP contribution in [0.2, 0.25) is 0 Å². The van der Waals surface area contributed by atoms with Crippen molar-refractivity contribution < 1.29 is 14.4 Å². The lowest BCUT2D eigenvalue weighted by Crippen LogP contribution is -2.36. The van der Waals surface area contributed by atoms with E-state index in [1.165, 1.54) is 0 Å². The van der Waals surface area contributed by atoms with Crippen molar-refractivity contribution in [2.75, 3.05) is 5.43 Å². The number of imide groups is 2. The first-order valence-electron chi connectivity index (χ1n) is 4.19. The highest BCUT2D eigenvalue weighted by atomic mass is 16.2. The molecule has 4 amide bonds. The molecule has 0 saturated carbocycles. The summed E-state index contributed by atoms with van der Waals surface area (Å²) in [6.07, 6.45) is 0. The third-order valence-corrected chi connectivity index (χ3v) is 1.84. The van der Waals surface area contributed by atoms with Crippen LogP contribution in [-0.4, -0.2) is 22.9 Å². The van der Waals surface area contributed by atoms with E-state index in [9.17, 15) is 14.4 Å². The highest BCUT2D eigenvalue weighted by Crippen LogP contribution is 2.09. The van der Waals surface area contributed by atoms with Crippen molar-refractivity contribution in [1.29, 1.82) is 0 Å². The number of hydrogen-bond acceptors (Lipinski definition) is 4. The van der Waals surface area contributed by atoms with Gasteiger partial charge in [0.15, 0.2) is 0 Å². The Labute approximate surface area is 84.8 Å². The number of anilines is 1. The summed E-state index contributed by atoms with van der Waals surface area (Å²) in [4.78, 5) is 33.1. The van der Waals surface area contributed by atoms with Crippen LogP contribution < -0.4 is 10.7 Å².